The van der Waals surface area contributed by atoms with E-state index in [-0.39, 0.29) is 11.9 Å². The number of likely N-dealkylation sites (N-methyl/N-ethyl adjacent to an activating group) is 1. The van der Waals surface area contributed by atoms with Crippen LogP contribution in [0.2, 0.25) is 0 Å². The van der Waals surface area contributed by atoms with E-state index < -0.39 is 12.1 Å². The highest BCUT2D eigenvalue weighted by Gasteiger charge is 2.40. The molecule has 18 heavy (non-hydrogen) atoms. The minimum absolute atomic E-state index is 0.0887. The fraction of sp³-hybridized carbons (Fsp3) is 0.385. The molecule has 96 valence electrons. The van der Waals surface area contributed by atoms with Crippen LogP contribution in [0.15, 0.2) is 30.3 Å². The van der Waals surface area contributed by atoms with Crippen molar-refractivity contribution in [1.29, 1.82) is 0 Å². The molecule has 2 rings (SSSR count). The second-order valence-corrected chi connectivity index (χ2v) is 4.28. The molecule has 1 aliphatic rings. The Labute approximate surface area is 106 Å². The summed E-state index contributed by atoms with van der Waals surface area (Å²) in [5.74, 6) is -0.532. The molecule has 0 saturated carbocycles. The number of hydrogen-bond acceptors (Lipinski definition) is 4. The van der Waals surface area contributed by atoms with Gasteiger partial charge in [0.2, 0.25) is 5.91 Å². The molecule has 0 spiro atoms. The smallest absolute Gasteiger partial charge is 0.343 e. The van der Waals surface area contributed by atoms with Gasteiger partial charge in [-0.2, -0.15) is 0 Å². The van der Waals surface area contributed by atoms with Gasteiger partial charge in [-0.3, -0.25) is 10.1 Å². The third kappa shape index (κ3) is 2.36. The second-order valence-electron chi connectivity index (χ2n) is 4.28. The molecule has 0 aromatic heterocycles. The van der Waals surface area contributed by atoms with Gasteiger partial charge in [0.05, 0.1) is 13.2 Å². The van der Waals surface area contributed by atoms with Gasteiger partial charge in [0.15, 0.2) is 6.17 Å². The van der Waals surface area contributed by atoms with E-state index in [1.54, 1.807) is 7.05 Å². The monoisotopic (exact) mass is 248 g/mol. The molecule has 5 heteroatoms. The highest BCUT2D eigenvalue weighted by Crippen LogP contribution is 2.14. The number of hydrogen-bond donors (Lipinski definition) is 1. The maximum absolute atomic E-state index is 12.0. The van der Waals surface area contributed by atoms with Gasteiger partial charge in [0.25, 0.3) is 0 Å². The summed E-state index contributed by atoms with van der Waals surface area (Å²) in [6, 6.07) is 9.32. The molecule has 5 nitrogen and oxygen atoms in total. The maximum Gasteiger partial charge on any atom is 0.343 e. The summed E-state index contributed by atoms with van der Waals surface area (Å²) in [5.41, 5.74) is 1.06. The molecule has 0 bridgehead atoms. The van der Waals surface area contributed by atoms with Gasteiger partial charge in [-0.25, -0.2) is 4.79 Å². The van der Waals surface area contributed by atoms with Crippen LogP contribution in [0.3, 0.4) is 0 Å². The summed E-state index contributed by atoms with van der Waals surface area (Å²) in [6.45, 7) is 0. The van der Waals surface area contributed by atoms with Gasteiger partial charge in [-0.05, 0) is 12.0 Å². The van der Waals surface area contributed by atoms with E-state index in [2.05, 4.69) is 10.1 Å². The average Bonchev–Trinajstić information content (AvgIpc) is 2.67. The minimum atomic E-state index is -0.684. The van der Waals surface area contributed by atoms with Gasteiger partial charge < -0.3 is 9.64 Å². The molecule has 1 unspecified atom stereocenters. The summed E-state index contributed by atoms with van der Waals surface area (Å²) in [6.07, 6.45) is -0.117. The molecule has 0 radical (unpaired) electrons. The number of carbonyl (C=O) groups is 2. The van der Waals surface area contributed by atoms with Gasteiger partial charge in [0, 0.05) is 7.05 Å². The minimum Gasteiger partial charge on any atom is -0.466 e. The SMILES string of the molecule is COC(=O)C1N[C@@H](Cc2ccccc2)C(=O)N1C. The van der Waals surface area contributed by atoms with Gasteiger partial charge >= 0.3 is 5.97 Å². The molecule has 1 fully saturated rings. The summed E-state index contributed by atoms with van der Waals surface area (Å²) >= 11 is 0. The highest BCUT2D eigenvalue weighted by molar-refractivity contribution is 5.91. The largest absolute Gasteiger partial charge is 0.466 e. The van der Waals surface area contributed by atoms with Gasteiger partial charge in [-0.15, -0.1) is 0 Å². The number of rotatable bonds is 3. The zero-order valence-corrected chi connectivity index (χ0v) is 10.4. The van der Waals surface area contributed by atoms with E-state index in [1.165, 1.54) is 12.0 Å². The number of ether oxygens (including phenoxy) is 1. The third-order valence-corrected chi connectivity index (χ3v) is 3.10. The average molecular weight is 248 g/mol. The predicted octanol–water partition coefficient (Wildman–Crippen LogP) is 0.158. The van der Waals surface area contributed by atoms with Crippen molar-refractivity contribution in [3.05, 3.63) is 35.9 Å². The Hall–Kier alpha value is -1.88. The molecule has 1 aliphatic heterocycles. The maximum atomic E-state index is 12.0. The van der Waals surface area contributed by atoms with Crippen LogP contribution < -0.4 is 5.32 Å². The van der Waals surface area contributed by atoms with E-state index >= 15 is 0 Å². The van der Waals surface area contributed by atoms with E-state index in [0.29, 0.717) is 6.42 Å². The van der Waals surface area contributed by atoms with E-state index in [9.17, 15) is 9.59 Å². The van der Waals surface area contributed by atoms with E-state index in [0.717, 1.165) is 5.56 Å². The van der Waals surface area contributed by atoms with Crippen molar-refractivity contribution in [2.45, 2.75) is 18.6 Å². The zero-order valence-electron chi connectivity index (χ0n) is 10.4. The van der Waals surface area contributed by atoms with Crippen LogP contribution in [0.5, 0.6) is 0 Å². The molecule has 1 aromatic carbocycles. The number of nitrogens with one attached hydrogen (secondary N) is 1. The van der Waals surface area contributed by atoms with Crippen molar-refractivity contribution in [1.82, 2.24) is 10.2 Å². The van der Waals surface area contributed by atoms with Crippen molar-refractivity contribution >= 4 is 11.9 Å². The lowest BCUT2D eigenvalue weighted by atomic mass is 10.1. The lowest BCUT2D eigenvalue weighted by Crippen LogP contribution is -2.42. The lowest BCUT2D eigenvalue weighted by Gasteiger charge is -2.15. The van der Waals surface area contributed by atoms with Crippen LogP contribution in [0, 0.1) is 0 Å². The van der Waals surface area contributed by atoms with Crippen LogP contribution in [-0.4, -0.2) is 43.1 Å². The van der Waals surface area contributed by atoms with Crippen molar-refractivity contribution < 1.29 is 14.3 Å². The van der Waals surface area contributed by atoms with E-state index in [4.69, 9.17) is 0 Å². The fourth-order valence-corrected chi connectivity index (χ4v) is 2.08. The first-order valence-electron chi connectivity index (χ1n) is 5.78. The molecule has 1 aromatic rings. The Morgan fingerprint density at radius 3 is 2.67 bits per heavy atom. The lowest BCUT2D eigenvalue weighted by molar-refractivity contribution is -0.148. The van der Waals surface area contributed by atoms with Crippen LogP contribution in [0.4, 0.5) is 0 Å². The predicted molar refractivity (Wildman–Crippen MR) is 65.6 cm³/mol. The summed E-state index contributed by atoms with van der Waals surface area (Å²) in [4.78, 5) is 24.9. The molecular formula is C13H16N2O3. The van der Waals surface area contributed by atoms with Crippen molar-refractivity contribution in [2.24, 2.45) is 0 Å². The second kappa shape index (κ2) is 5.18. The number of esters is 1. The van der Waals surface area contributed by atoms with Crippen molar-refractivity contribution in [2.75, 3.05) is 14.2 Å². The topological polar surface area (TPSA) is 58.6 Å². The molecular weight excluding hydrogens is 232 g/mol. The van der Waals surface area contributed by atoms with E-state index in [1.807, 2.05) is 30.3 Å². The number of amides is 1. The zero-order chi connectivity index (χ0) is 13.1. The molecule has 2 atom stereocenters. The van der Waals surface area contributed by atoms with Crippen LogP contribution in [0.1, 0.15) is 5.56 Å². The standard InChI is InChI=1S/C13H16N2O3/c1-15-11(13(17)18-2)14-10(12(15)16)8-9-6-4-3-5-7-9/h3-7,10-11,14H,8H2,1-2H3/t10-,11?/m0/s1. The normalized spacial score (nSPS) is 23.2. The first-order chi connectivity index (χ1) is 8.63. The Morgan fingerprint density at radius 1 is 1.39 bits per heavy atom. The van der Waals surface area contributed by atoms with Crippen molar-refractivity contribution in [3.8, 4) is 0 Å². The van der Waals surface area contributed by atoms with Crippen LogP contribution in [0.25, 0.3) is 0 Å². The summed E-state index contributed by atoms with van der Waals surface area (Å²) in [7, 11) is 2.91. The van der Waals surface area contributed by atoms with Crippen LogP contribution in [-0.2, 0) is 20.7 Å². The fourth-order valence-electron chi connectivity index (χ4n) is 2.08. The first-order valence-corrected chi connectivity index (χ1v) is 5.78. The Bertz CT molecular complexity index is 447. The number of carbonyl (C=O) groups excluding carboxylic acids is 2. The first kappa shape index (κ1) is 12.6. The quantitative estimate of drug-likeness (QED) is 0.774. The van der Waals surface area contributed by atoms with Gasteiger partial charge in [0.1, 0.15) is 0 Å². The highest BCUT2D eigenvalue weighted by atomic mass is 16.5. The third-order valence-electron chi connectivity index (χ3n) is 3.10. The molecule has 1 N–H and O–H groups in total. The molecule has 1 amide bonds. The molecule has 0 aliphatic carbocycles. The van der Waals surface area contributed by atoms with Gasteiger partial charge in [-0.1, -0.05) is 30.3 Å². The Balaban J connectivity index is 2.07. The van der Waals surface area contributed by atoms with Crippen molar-refractivity contribution in [3.63, 3.8) is 0 Å². The Kier molecular flexibility index (Phi) is 3.62. The summed E-state index contributed by atoms with van der Waals surface area (Å²) < 4.78 is 4.66. The molecule has 1 heterocycles. The Morgan fingerprint density at radius 2 is 2.06 bits per heavy atom. The summed E-state index contributed by atoms with van der Waals surface area (Å²) in [5, 5.41) is 2.99. The molecule has 1 saturated heterocycles. The number of nitrogens with zero attached hydrogens (tertiary/aromatic N) is 1. The van der Waals surface area contributed by atoms with Crippen LogP contribution >= 0.6 is 0 Å². The number of benzene rings is 1. The number of methoxy groups -OCH3 is 1.